The van der Waals surface area contributed by atoms with Crippen molar-refractivity contribution in [1.29, 1.82) is 0 Å². The summed E-state index contributed by atoms with van der Waals surface area (Å²) in [6.07, 6.45) is 7.70. The lowest BCUT2D eigenvalue weighted by atomic mass is 10.00. The van der Waals surface area contributed by atoms with E-state index >= 15 is 0 Å². The molecule has 5 heteroatoms. The van der Waals surface area contributed by atoms with E-state index in [0.29, 0.717) is 0 Å². The highest BCUT2D eigenvalue weighted by atomic mass is 15.3. The van der Waals surface area contributed by atoms with Crippen LogP contribution in [0.15, 0.2) is 18.6 Å². The summed E-state index contributed by atoms with van der Waals surface area (Å²) in [4.78, 5) is 4.03. The van der Waals surface area contributed by atoms with E-state index in [1.54, 1.807) is 12.4 Å². The number of hydrogen-bond donors (Lipinski definition) is 1. The van der Waals surface area contributed by atoms with Gasteiger partial charge in [0.2, 0.25) is 0 Å². The van der Waals surface area contributed by atoms with Gasteiger partial charge in [-0.2, -0.15) is 0 Å². The highest BCUT2D eigenvalue weighted by molar-refractivity contribution is 5.35. The Hall–Kier alpha value is -1.49. The molecule has 3 rings (SSSR count). The minimum absolute atomic E-state index is 0.0409. The van der Waals surface area contributed by atoms with Gasteiger partial charge in [0.25, 0.3) is 0 Å². The van der Waals surface area contributed by atoms with Gasteiger partial charge in [-0.25, -0.2) is 0 Å². The van der Waals surface area contributed by atoms with Gasteiger partial charge < -0.3 is 5.32 Å². The van der Waals surface area contributed by atoms with Crippen molar-refractivity contribution in [3.05, 3.63) is 24.4 Å². The monoisotopic (exact) mass is 203 g/mol. The number of aromatic nitrogens is 4. The number of fused-ring (bicyclic) bond motifs is 1. The van der Waals surface area contributed by atoms with Crippen LogP contribution in [0.1, 0.15) is 25.6 Å². The van der Waals surface area contributed by atoms with Gasteiger partial charge in [0.15, 0.2) is 11.5 Å². The normalized spacial score (nSPS) is 26.2. The van der Waals surface area contributed by atoms with E-state index in [9.17, 15) is 0 Å². The molecule has 1 aliphatic heterocycles. The molecule has 1 N–H and O–H groups in total. The van der Waals surface area contributed by atoms with Crippen molar-refractivity contribution in [1.82, 2.24) is 24.9 Å². The fourth-order valence-electron chi connectivity index (χ4n) is 2.21. The van der Waals surface area contributed by atoms with Crippen LogP contribution in [0.3, 0.4) is 0 Å². The first kappa shape index (κ1) is 8.79. The second kappa shape index (κ2) is 3.00. The van der Waals surface area contributed by atoms with Gasteiger partial charge in [0.1, 0.15) is 0 Å². The van der Waals surface area contributed by atoms with Crippen LogP contribution < -0.4 is 5.32 Å². The Morgan fingerprint density at radius 3 is 3.20 bits per heavy atom. The van der Waals surface area contributed by atoms with Crippen LogP contribution in [-0.4, -0.2) is 26.1 Å². The van der Waals surface area contributed by atoms with Crippen LogP contribution in [0.25, 0.3) is 5.65 Å². The third kappa shape index (κ3) is 1.23. The molecule has 3 heterocycles. The maximum absolute atomic E-state index is 4.26. The SMILES string of the molecule is CC1(c2nnc3cnccn23)CCCN1. The summed E-state index contributed by atoms with van der Waals surface area (Å²) in [5.41, 5.74) is 0.767. The average Bonchev–Trinajstić information content (AvgIpc) is 2.84. The van der Waals surface area contributed by atoms with Crippen molar-refractivity contribution in [2.24, 2.45) is 0 Å². The molecule has 78 valence electrons. The van der Waals surface area contributed by atoms with Crippen molar-refractivity contribution < 1.29 is 0 Å². The molecular formula is C10H13N5. The first-order chi connectivity index (χ1) is 7.30. The maximum Gasteiger partial charge on any atom is 0.179 e. The Labute approximate surface area is 87.5 Å². The summed E-state index contributed by atoms with van der Waals surface area (Å²) in [5.74, 6) is 0.984. The summed E-state index contributed by atoms with van der Waals surface area (Å²) >= 11 is 0. The fraction of sp³-hybridized carbons (Fsp3) is 0.500. The standard InChI is InChI=1S/C10H13N5/c1-10(3-2-4-12-10)9-14-13-8-7-11-5-6-15(8)9/h5-7,12H,2-4H2,1H3. The summed E-state index contributed by atoms with van der Waals surface area (Å²) in [6.45, 7) is 3.23. The van der Waals surface area contributed by atoms with Crippen LogP contribution in [0.2, 0.25) is 0 Å². The molecule has 0 saturated carbocycles. The van der Waals surface area contributed by atoms with Gasteiger partial charge in [0.05, 0.1) is 11.7 Å². The van der Waals surface area contributed by atoms with Gasteiger partial charge in [-0.1, -0.05) is 0 Å². The lowest BCUT2D eigenvalue weighted by Gasteiger charge is -2.21. The molecule has 5 nitrogen and oxygen atoms in total. The largest absolute Gasteiger partial charge is 0.305 e. The smallest absolute Gasteiger partial charge is 0.179 e. The molecule has 1 saturated heterocycles. The van der Waals surface area contributed by atoms with E-state index in [-0.39, 0.29) is 5.54 Å². The molecule has 0 amide bonds. The van der Waals surface area contributed by atoms with Crippen LogP contribution in [0, 0.1) is 0 Å². The Balaban J connectivity index is 2.18. The highest BCUT2D eigenvalue weighted by Crippen LogP contribution is 2.28. The predicted molar refractivity (Wildman–Crippen MR) is 55.4 cm³/mol. The van der Waals surface area contributed by atoms with Crippen molar-refractivity contribution in [2.75, 3.05) is 6.54 Å². The van der Waals surface area contributed by atoms with E-state index < -0.39 is 0 Å². The zero-order valence-electron chi connectivity index (χ0n) is 8.64. The molecule has 1 fully saturated rings. The van der Waals surface area contributed by atoms with Crippen molar-refractivity contribution in [2.45, 2.75) is 25.3 Å². The first-order valence-corrected chi connectivity index (χ1v) is 5.20. The predicted octanol–water partition coefficient (Wildman–Crippen LogP) is 0.723. The van der Waals surface area contributed by atoms with Crippen molar-refractivity contribution in [3.8, 4) is 0 Å². The molecule has 1 aliphatic rings. The Bertz CT molecular complexity index is 483. The molecule has 2 aromatic heterocycles. The number of rotatable bonds is 1. The second-order valence-corrected chi connectivity index (χ2v) is 4.19. The molecule has 15 heavy (non-hydrogen) atoms. The highest BCUT2D eigenvalue weighted by Gasteiger charge is 2.34. The van der Waals surface area contributed by atoms with Gasteiger partial charge >= 0.3 is 0 Å². The molecule has 0 bridgehead atoms. The van der Waals surface area contributed by atoms with Gasteiger partial charge in [0, 0.05) is 12.4 Å². The Morgan fingerprint density at radius 1 is 1.47 bits per heavy atom. The third-order valence-corrected chi connectivity index (χ3v) is 3.08. The molecule has 0 aromatic carbocycles. The second-order valence-electron chi connectivity index (χ2n) is 4.19. The third-order valence-electron chi connectivity index (χ3n) is 3.08. The molecule has 1 atom stereocenters. The van der Waals surface area contributed by atoms with Gasteiger partial charge in [-0.15, -0.1) is 10.2 Å². The minimum atomic E-state index is -0.0409. The molecule has 1 unspecified atom stereocenters. The molecule has 0 spiro atoms. The molecular weight excluding hydrogens is 190 g/mol. The molecule has 2 aromatic rings. The van der Waals surface area contributed by atoms with Crippen LogP contribution in [-0.2, 0) is 5.54 Å². The summed E-state index contributed by atoms with van der Waals surface area (Å²) in [6, 6.07) is 0. The van der Waals surface area contributed by atoms with E-state index in [4.69, 9.17) is 0 Å². The Kier molecular flexibility index (Phi) is 1.76. The van der Waals surface area contributed by atoms with Gasteiger partial charge in [-0.3, -0.25) is 9.38 Å². The molecule has 0 aliphatic carbocycles. The molecule has 0 radical (unpaired) electrons. The van der Waals surface area contributed by atoms with Crippen molar-refractivity contribution >= 4 is 5.65 Å². The van der Waals surface area contributed by atoms with E-state index in [1.165, 1.54) is 6.42 Å². The lowest BCUT2D eigenvalue weighted by molar-refractivity contribution is 0.403. The van der Waals surface area contributed by atoms with Gasteiger partial charge in [-0.05, 0) is 26.3 Å². The number of nitrogens with zero attached hydrogens (tertiary/aromatic N) is 4. The topological polar surface area (TPSA) is 55.1 Å². The zero-order valence-corrected chi connectivity index (χ0v) is 8.64. The lowest BCUT2D eigenvalue weighted by Crippen LogP contribution is -2.35. The Morgan fingerprint density at radius 2 is 2.40 bits per heavy atom. The summed E-state index contributed by atoms with van der Waals surface area (Å²) in [7, 11) is 0. The fourth-order valence-corrected chi connectivity index (χ4v) is 2.21. The minimum Gasteiger partial charge on any atom is -0.305 e. The summed E-state index contributed by atoms with van der Waals surface area (Å²) in [5, 5.41) is 11.9. The first-order valence-electron chi connectivity index (χ1n) is 5.20. The quantitative estimate of drug-likeness (QED) is 0.742. The van der Waals surface area contributed by atoms with Crippen molar-refractivity contribution in [3.63, 3.8) is 0 Å². The number of hydrogen-bond acceptors (Lipinski definition) is 4. The van der Waals surface area contributed by atoms with Crippen LogP contribution in [0.4, 0.5) is 0 Å². The van der Waals surface area contributed by atoms with Crippen LogP contribution >= 0.6 is 0 Å². The van der Waals surface area contributed by atoms with E-state index in [1.807, 2.05) is 10.6 Å². The average molecular weight is 203 g/mol. The maximum atomic E-state index is 4.26. The van der Waals surface area contributed by atoms with E-state index in [0.717, 1.165) is 24.4 Å². The van der Waals surface area contributed by atoms with E-state index in [2.05, 4.69) is 27.4 Å². The zero-order chi connectivity index (χ0) is 10.3. The number of nitrogens with one attached hydrogen (secondary N) is 1. The van der Waals surface area contributed by atoms with Crippen LogP contribution in [0.5, 0.6) is 0 Å². The summed E-state index contributed by atoms with van der Waals surface area (Å²) < 4.78 is 2.01.